The highest BCUT2D eigenvalue weighted by molar-refractivity contribution is 5.94. The van der Waals surface area contributed by atoms with Gasteiger partial charge in [0, 0.05) is 18.0 Å². The van der Waals surface area contributed by atoms with Crippen LogP contribution in [-0.4, -0.2) is 28.9 Å². The monoisotopic (exact) mass is 376 g/mol. The molecule has 0 saturated heterocycles. The maximum Gasteiger partial charge on any atom is 0.330 e. The number of amides is 2. The molecule has 3 N–H and O–H groups in total. The van der Waals surface area contributed by atoms with Gasteiger partial charge in [-0.25, -0.2) is 13.6 Å². The number of carbonyl (C=O) groups excluding carboxylic acids is 2. The standard InChI is InChI=1S/C19H18F2N2O4/c1-11(22-18(25)12-5-3-2-4-6-12)9-16(24)23-17(19(26)27)13-7-8-14(20)15(21)10-13/h2-8,10-11,17H,9H2,1H3,(H,22,25)(H,23,24)(H,26,27). The van der Waals surface area contributed by atoms with E-state index in [1.807, 2.05) is 0 Å². The van der Waals surface area contributed by atoms with Crippen molar-refractivity contribution in [2.75, 3.05) is 0 Å². The van der Waals surface area contributed by atoms with Gasteiger partial charge < -0.3 is 15.7 Å². The van der Waals surface area contributed by atoms with Gasteiger partial charge in [0.05, 0.1) is 0 Å². The summed E-state index contributed by atoms with van der Waals surface area (Å²) < 4.78 is 26.3. The van der Waals surface area contributed by atoms with Crippen molar-refractivity contribution in [2.45, 2.75) is 25.4 Å². The summed E-state index contributed by atoms with van der Waals surface area (Å²) in [6, 6.07) is 8.87. The second kappa shape index (κ2) is 8.88. The lowest BCUT2D eigenvalue weighted by Gasteiger charge is -2.18. The Morgan fingerprint density at radius 2 is 1.67 bits per heavy atom. The lowest BCUT2D eigenvalue weighted by atomic mass is 10.1. The van der Waals surface area contributed by atoms with Crippen LogP contribution in [0.25, 0.3) is 0 Å². The maximum atomic E-state index is 13.3. The molecule has 0 aromatic heterocycles. The molecule has 0 aliphatic rings. The number of aliphatic carboxylic acids is 1. The van der Waals surface area contributed by atoms with Crippen LogP contribution >= 0.6 is 0 Å². The second-order valence-electron chi connectivity index (χ2n) is 5.96. The molecule has 27 heavy (non-hydrogen) atoms. The number of nitrogens with one attached hydrogen (secondary N) is 2. The molecule has 2 unspecified atom stereocenters. The van der Waals surface area contributed by atoms with E-state index < -0.39 is 35.6 Å². The van der Waals surface area contributed by atoms with Gasteiger partial charge in [0.1, 0.15) is 0 Å². The van der Waals surface area contributed by atoms with Crippen LogP contribution in [-0.2, 0) is 9.59 Å². The molecule has 0 aliphatic carbocycles. The summed E-state index contributed by atoms with van der Waals surface area (Å²) in [6.45, 7) is 1.59. The first-order valence-corrected chi connectivity index (χ1v) is 8.11. The van der Waals surface area contributed by atoms with Crippen LogP contribution in [0.3, 0.4) is 0 Å². The van der Waals surface area contributed by atoms with E-state index in [-0.39, 0.29) is 17.9 Å². The molecule has 0 bridgehead atoms. The third-order valence-corrected chi connectivity index (χ3v) is 3.73. The topological polar surface area (TPSA) is 95.5 Å². The van der Waals surface area contributed by atoms with Crippen LogP contribution in [0.1, 0.15) is 35.3 Å². The smallest absolute Gasteiger partial charge is 0.330 e. The number of carboxylic acid groups (broad SMARTS) is 1. The third-order valence-electron chi connectivity index (χ3n) is 3.73. The Labute approximate surface area is 154 Å². The molecule has 6 nitrogen and oxygen atoms in total. The SMILES string of the molecule is CC(CC(=O)NC(C(=O)O)c1ccc(F)c(F)c1)NC(=O)c1ccccc1. The van der Waals surface area contributed by atoms with Gasteiger partial charge in [0.25, 0.3) is 5.91 Å². The fraction of sp³-hybridized carbons (Fsp3) is 0.211. The number of hydrogen-bond donors (Lipinski definition) is 3. The first kappa shape index (κ1) is 20.0. The molecule has 0 radical (unpaired) electrons. The van der Waals surface area contributed by atoms with Crippen molar-refractivity contribution in [2.24, 2.45) is 0 Å². The normalized spacial score (nSPS) is 12.7. The summed E-state index contributed by atoms with van der Waals surface area (Å²) in [5.41, 5.74) is 0.325. The Morgan fingerprint density at radius 3 is 2.26 bits per heavy atom. The fourth-order valence-corrected chi connectivity index (χ4v) is 2.43. The van der Waals surface area contributed by atoms with Crippen LogP contribution in [0.5, 0.6) is 0 Å². The van der Waals surface area contributed by atoms with Crippen LogP contribution in [0, 0.1) is 11.6 Å². The van der Waals surface area contributed by atoms with Crippen LogP contribution < -0.4 is 10.6 Å². The van der Waals surface area contributed by atoms with Crippen molar-refractivity contribution in [3.05, 3.63) is 71.3 Å². The molecule has 8 heteroatoms. The molecular formula is C19H18F2N2O4. The number of hydrogen-bond acceptors (Lipinski definition) is 3. The summed E-state index contributed by atoms with van der Waals surface area (Å²) in [5, 5.41) is 14.1. The van der Waals surface area contributed by atoms with Gasteiger partial charge >= 0.3 is 5.97 Å². The average molecular weight is 376 g/mol. The van der Waals surface area contributed by atoms with E-state index in [9.17, 15) is 28.3 Å². The van der Waals surface area contributed by atoms with Crippen LogP contribution in [0.2, 0.25) is 0 Å². The molecule has 0 spiro atoms. The third kappa shape index (κ3) is 5.60. The molecule has 0 aliphatic heterocycles. The Hall–Kier alpha value is -3.29. The van der Waals surface area contributed by atoms with E-state index in [1.54, 1.807) is 37.3 Å². The minimum atomic E-state index is -1.54. The van der Waals surface area contributed by atoms with Crippen molar-refractivity contribution in [1.82, 2.24) is 10.6 Å². The van der Waals surface area contributed by atoms with E-state index in [0.717, 1.165) is 18.2 Å². The lowest BCUT2D eigenvalue weighted by Crippen LogP contribution is -2.40. The highest BCUT2D eigenvalue weighted by Crippen LogP contribution is 2.17. The van der Waals surface area contributed by atoms with Crippen LogP contribution in [0.15, 0.2) is 48.5 Å². The zero-order chi connectivity index (χ0) is 20.0. The Balaban J connectivity index is 1.98. The Morgan fingerprint density at radius 1 is 1.00 bits per heavy atom. The zero-order valence-corrected chi connectivity index (χ0v) is 14.4. The van der Waals surface area contributed by atoms with Crippen LogP contribution in [0.4, 0.5) is 8.78 Å². The van der Waals surface area contributed by atoms with E-state index in [1.165, 1.54) is 0 Å². The molecule has 0 heterocycles. The minimum absolute atomic E-state index is 0.101. The summed E-state index contributed by atoms with van der Waals surface area (Å²) in [6.07, 6.45) is -0.188. The molecule has 0 fully saturated rings. The average Bonchev–Trinajstić information content (AvgIpc) is 2.62. The molecule has 142 valence electrons. The summed E-state index contributed by atoms with van der Waals surface area (Å²) in [7, 11) is 0. The number of halogens is 2. The minimum Gasteiger partial charge on any atom is -0.479 e. The molecule has 2 atom stereocenters. The van der Waals surface area contributed by atoms with Gasteiger partial charge in [-0.1, -0.05) is 24.3 Å². The van der Waals surface area contributed by atoms with Gasteiger partial charge in [-0.15, -0.1) is 0 Å². The lowest BCUT2D eigenvalue weighted by molar-refractivity contribution is -0.142. The van der Waals surface area contributed by atoms with Gasteiger partial charge in [0.15, 0.2) is 17.7 Å². The van der Waals surface area contributed by atoms with Gasteiger partial charge in [-0.3, -0.25) is 9.59 Å². The first-order valence-electron chi connectivity index (χ1n) is 8.11. The van der Waals surface area contributed by atoms with Crippen molar-refractivity contribution in [3.63, 3.8) is 0 Å². The largest absolute Gasteiger partial charge is 0.479 e. The van der Waals surface area contributed by atoms with Crippen molar-refractivity contribution >= 4 is 17.8 Å². The fourth-order valence-electron chi connectivity index (χ4n) is 2.43. The Kier molecular flexibility index (Phi) is 6.59. The van der Waals surface area contributed by atoms with E-state index in [2.05, 4.69) is 10.6 Å². The molecule has 2 amide bonds. The molecule has 2 rings (SSSR count). The maximum absolute atomic E-state index is 13.3. The number of carbonyl (C=O) groups is 3. The Bertz CT molecular complexity index is 843. The first-order chi connectivity index (χ1) is 12.8. The zero-order valence-electron chi connectivity index (χ0n) is 14.4. The second-order valence-corrected chi connectivity index (χ2v) is 5.96. The van der Waals surface area contributed by atoms with Gasteiger partial charge in [0.2, 0.25) is 5.91 Å². The molecule has 2 aromatic rings. The van der Waals surface area contributed by atoms with E-state index >= 15 is 0 Å². The van der Waals surface area contributed by atoms with Crippen molar-refractivity contribution in [1.29, 1.82) is 0 Å². The number of benzene rings is 2. The predicted octanol–water partition coefficient (Wildman–Crippen LogP) is 2.42. The molecule has 2 aromatic carbocycles. The molecular weight excluding hydrogens is 358 g/mol. The van der Waals surface area contributed by atoms with E-state index in [4.69, 9.17) is 0 Å². The summed E-state index contributed by atoms with van der Waals surface area (Å²) in [5.74, 6) is -4.78. The van der Waals surface area contributed by atoms with E-state index in [0.29, 0.717) is 5.56 Å². The van der Waals surface area contributed by atoms with Crippen molar-refractivity contribution < 1.29 is 28.3 Å². The van der Waals surface area contributed by atoms with Crippen molar-refractivity contribution in [3.8, 4) is 0 Å². The summed E-state index contributed by atoms with van der Waals surface area (Å²) >= 11 is 0. The van der Waals surface area contributed by atoms with Gasteiger partial charge in [-0.2, -0.15) is 0 Å². The quantitative estimate of drug-likeness (QED) is 0.692. The highest BCUT2D eigenvalue weighted by Gasteiger charge is 2.24. The number of rotatable bonds is 7. The molecule has 0 saturated carbocycles. The summed E-state index contributed by atoms with van der Waals surface area (Å²) in [4.78, 5) is 35.5. The van der Waals surface area contributed by atoms with Gasteiger partial charge in [-0.05, 0) is 36.8 Å². The predicted molar refractivity (Wildman–Crippen MR) is 92.9 cm³/mol. The number of carboxylic acids is 1. The highest BCUT2D eigenvalue weighted by atomic mass is 19.2.